The van der Waals surface area contributed by atoms with Gasteiger partial charge in [-0.3, -0.25) is 0 Å². The summed E-state index contributed by atoms with van der Waals surface area (Å²) in [6.07, 6.45) is 1.70. The highest BCUT2D eigenvalue weighted by Crippen LogP contribution is 2.42. The topological polar surface area (TPSA) is 13.1 Å². The summed E-state index contributed by atoms with van der Waals surface area (Å²) in [5, 5.41) is 0.739. The van der Waals surface area contributed by atoms with Gasteiger partial charge in [0.05, 0.1) is 15.1 Å². The van der Waals surface area contributed by atoms with Crippen molar-refractivity contribution in [3.8, 4) is 0 Å². The lowest BCUT2D eigenvalue weighted by Gasteiger charge is -2.04. The lowest BCUT2D eigenvalue weighted by molar-refractivity contribution is 0.518. The Morgan fingerprint density at radius 1 is 1.53 bits per heavy atom. The molecule has 0 aliphatic heterocycles. The largest absolute Gasteiger partial charge is 0.467 e. The summed E-state index contributed by atoms with van der Waals surface area (Å²) >= 11 is 14.6. The van der Waals surface area contributed by atoms with Crippen molar-refractivity contribution in [1.29, 1.82) is 0 Å². The number of alkyl halides is 1. The smallest absolute Gasteiger partial charge is 0.125 e. The van der Waals surface area contributed by atoms with Crippen LogP contribution in [-0.2, 0) is 0 Å². The van der Waals surface area contributed by atoms with Crippen molar-refractivity contribution in [2.24, 2.45) is 0 Å². The highest BCUT2D eigenvalue weighted by Gasteiger charge is 2.19. The summed E-state index contributed by atoms with van der Waals surface area (Å²) in [5.74, 6) is 0.931. The van der Waals surface area contributed by atoms with E-state index in [-0.39, 0.29) is 4.83 Å². The minimum Gasteiger partial charge on any atom is -0.467 e. The Morgan fingerprint density at radius 2 is 2.27 bits per heavy atom. The third-order valence-corrected chi connectivity index (χ3v) is 5.80. The second-order valence-corrected chi connectivity index (χ2v) is 6.83. The lowest BCUT2D eigenvalue weighted by Crippen LogP contribution is -1.88. The third-order valence-electron chi connectivity index (χ3n) is 2.05. The Bertz CT molecular complexity index is 458. The number of hydrogen-bond acceptors (Lipinski definition) is 2. The maximum atomic E-state index is 5.99. The molecule has 0 aliphatic rings. The molecule has 1 atom stereocenters. The van der Waals surface area contributed by atoms with Crippen LogP contribution in [0.5, 0.6) is 0 Å². The Kier molecular flexibility index (Phi) is 3.60. The first-order chi connectivity index (χ1) is 7.09. The Balaban J connectivity index is 2.36. The molecule has 0 N–H and O–H groups in total. The molecule has 2 heterocycles. The van der Waals surface area contributed by atoms with E-state index >= 15 is 0 Å². The fraction of sp³-hybridized carbons (Fsp3) is 0.200. The molecule has 0 saturated heterocycles. The van der Waals surface area contributed by atoms with Gasteiger partial charge in [-0.2, -0.15) is 0 Å². The van der Waals surface area contributed by atoms with E-state index in [4.69, 9.17) is 16.0 Å². The summed E-state index contributed by atoms with van der Waals surface area (Å²) < 4.78 is 6.38. The van der Waals surface area contributed by atoms with Crippen LogP contribution in [0, 0.1) is 6.92 Å². The van der Waals surface area contributed by atoms with Crippen LogP contribution in [0.15, 0.2) is 26.6 Å². The van der Waals surface area contributed by atoms with Crippen molar-refractivity contribution < 1.29 is 4.42 Å². The van der Waals surface area contributed by atoms with Gasteiger partial charge in [-0.15, -0.1) is 11.3 Å². The van der Waals surface area contributed by atoms with Gasteiger partial charge < -0.3 is 4.42 Å². The first-order valence-corrected chi connectivity index (χ1v) is 7.12. The molecule has 0 bridgehead atoms. The molecule has 0 fully saturated rings. The SMILES string of the molecule is Cc1ccoc1C(Br)c1cc(Cl)c(Br)s1. The third kappa shape index (κ3) is 2.33. The van der Waals surface area contributed by atoms with Gasteiger partial charge in [0.25, 0.3) is 0 Å². The number of rotatable bonds is 2. The number of halogens is 3. The van der Waals surface area contributed by atoms with Crippen LogP contribution in [0.2, 0.25) is 5.02 Å². The summed E-state index contributed by atoms with van der Waals surface area (Å²) in [5.41, 5.74) is 1.14. The van der Waals surface area contributed by atoms with E-state index in [2.05, 4.69) is 31.9 Å². The zero-order valence-corrected chi connectivity index (χ0v) is 12.5. The van der Waals surface area contributed by atoms with E-state index in [9.17, 15) is 0 Å². The van der Waals surface area contributed by atoms with Crippen LogP contribution < -0.4 is 0 Å². The highest BCUT2D eigenvalue weighted by molar-refractivity contribution is 9.11. The van der Waals surface area contributed by atoms with Crippen LogP contribution in [0.4, 0.5) is 0 Å². The Morgan fingerprint density at radius 3 is 2.73 bits per heavy atom. The van der Waals surface area contributed by atoms with E-state index in [0.717, 1.165) is 25.0 Å². The van der Waals surface area contributed by atoms with Crippen molar-refractivity contribution in [3.05, 3.63) is 43.4 Å². The first kappa shape index (κ1) is 11.7. The fourth-order valence-electron chi connectivity index (χ4n) is 1.26. The second-order valence-electron chi connectivity index (χ2n) is 3.10. The number of furan rings is 1. The molecule has 0 spiro atoms. The van der Waals surface area contributed by atoms with Crippen LogP contribution in [0.1, 0.15) is 21.0 Å². The zero-order chi connectivity index (χ0) is 11.0. The van der Waals surface area contributed by atoms with Gasteiger partial charge >= 0.3 is 0 Å². The highest BCUT2D eigenvalue weighted by atomic mass is 79.9. The van der Waals surface area contributed by atoms with Crippen LogP contribution in [0.25, 0.3) is 0 Å². The normalized spacial score (nSPS) is 13.1. The summed E-state index contributed by atoms with van der Waals surface area (Å²) in [6, 6.07) is 3.89. The van der Waals surface area contributed by atoms with Crippen molar-refractivity contribution in [2.75, 3.05) is 0 Å². The van der Waals surface area contributed by atoms with Gasteiger partial charge in [0, 0.05) is 4.88 Å². The monoisotopic (exact) mass is 368 g/mol. The fourth-order valence-corrected chi connectivity index (χ4v) is 3.87. The van der Waals surface area contributed by atoms with Gasteiger partial charge in [0.1, 0.15) is 10.6 Å². The maximum absolute atomic E-state index is 5.99. The molecule has 2 rings (SSSR count). The van der Waals surface area contributed by atoms with Crippen LogP contribution in [0.3, 0.4) is 0 Å². The number of hydrogen-bond donors (Lipinski definition) is 0. The summed E-state index contributed by atoms with van der Waals surface area (Å²) in [6.45, 7) is 2.03. The van der Waals surface area contributed by atoms with E-state index in [1.165, 1.54) is 0 Å². The number of thiophene rings is 1. The standard InChI is InChI=1S/C10H7Br2ClOS/c1-5-2-3-14-9(5)8(11)7-4-6(13)10(12)15-7/h2-4,8H,1H3. The molecular weight excluding hydrogens is 363 g/mol. The minimum atomic E-state index is 0.0706. The predicted octanol–water partition coefficient (Wildman–Crippen LogP) is 5.55. The van der Waals surface area contributed by atoms with Crippen molar-refractivity contribution in [3.63, 3.8) is 0 Å². The molecule has 0 amide bonds. The maximum Gasteiger partial charge on any atom is 0.125 e. The molecule has 1 unspecified atom stereocenters. The zero-order valence-electron chi connectivity index (χ0n) is 7.76. The lowest BCUT2D eigenvalue weighted by atomic mass is 10.2. The predicted molar refractivity (Wildman–Crippen MR) is 71.2 cm³/mol. The molecular formula is C10H7Br2ClOS. The molecule has 0 radical (unpaired) electrons. The Labute approximate surface area is 114 Å². The molecule has 15 heavy (non-hydrogen) atoms. The molecule has 80 valence electrons. The van der Waals surface area contributed by atoms with Crippen LogP contribution in [-0.4, -0.2) is 0 Å². The van der Waals surface area contributed by atoms with Gasteiger partial charge in [-0.1, -0.05) is 27.5 Å². The molecule has 5 heteroatoms. The molecule has 0 aliphatic carbocycles. The Hall–Kier alpha value is 0.230. The summed E-state index contributed by atoms with van der Waals surface area (Å²) in [7, 11) is 0. The van der Waals surface area contributed by atoms with Gasteiger partial charge in [0.15, 0.2) is 0 Å². The van der Waals surface area contributed by atoms with Crippen molar-refractivity contribution >= 4 is 54.8 Å². The molecule has 2 aromatic rings. The molecule has 2 aromatic heterocycles. The number of aryl methyl sites for hydroxylation is 1. The van der Waals surface area contributed by atoms with Gasteiger partial charge in [0.2, 0.25) is 0 Å². The van der Waals surface area contributed by atoms with Gasteiger partial charge in [-0.25, -0.2) is 0 Å². The molecule has 0 saturated carbocycles. The second kappa shape index (κ2) is 4.62. The van der Waals surface area contributed by atoms with E-state index in [1.807, 2.05) is 19.1 Å². The summed E-state index contributed by atoms with van der Waals surface area (Å²) in [4.78, 5) is 1.20. The average Bonchev–Trinajstić information content (AvgIpc) is 2.74. The van der Waals surface area contributed by atoms with E-state index < -0.39 is 0 Å². The first-order valence-electron chi connectivity index (χ1n) is 4.22. The van der Waals surface area contributed by atoms with Gasteiger partial charge in [-0.05, 0) is 40.5 Å². The van der Waals surface area contributed by atoms with Crippen molar-refractivity contribution in [1.82, 2.24) is 0 Å². The quantitative estimate of drug-likeness (QED) is 0.632. The minimum absolute atomic E-state index is 0.0706. The van der Waals surface area contributed by atoms with Crippen LogP contribution >= 0.6 is 54.8 Å². The van der Waals surface area contributed by atoms with E-state index in [1.54, 1.807) is 17.6 Å². The van der Waals surface area contributed by atoms with Crippen molar-refractivity contribution in [2.45, 2.75) is 11.8 Å². The molecule has 0 aromatic carbocycles. The average molecular weight is 370 g/mol. The molecule has 1 nitrogen and oxygen atoms in total. The van der Waals surface area contributed by atoms with E-state index in [0.29, 0.717) is 0 Å².